The molecule has 0 aliphatic heterocycles. The highest BCUT2D eigenvalue weighted by atomic mass is 16.3. The summed E-state index contributed by atoms with van der Waals surface area (Å²) in [4.78, 5) is 0. The quantitative estimate of drug-likeness (QED) is 0.819. The second-order valence-electron chi connectivity index (χ2n) is 5.06. The summed E-state index contributed by atoms with van der Waals surface area (Å²) in [5, 5.41) is 9.60. The third kappa shape index (κ3) is 3.64. The van der Waals surface area contributed by atoms with Gasteiger partial charge >= 0.3 is 0 Å². The molecule has 1 saturated carbocycles. The van der Waals surface area contributed by atoms with Crippen LogP contribution in [0.15, 0.2) is 30.3 Å². The summed E-state index contributed by atoms with van der Waals surface area (Å²) in [6.45, 7) is 0. The molecule has 0 saturated heterocycles. The van der Waals surface area contributed by atoms with Crippen LogP contribution < -0.4 is 0 Å². The maximum absolute atomic E-state index is 9.60. The van der Waals surface area contributed by atoms with Gasteiger partial charge in [-0.2, -0.15) is 0 Å². The Balaban J connectivity index is 1.68. The zero-order chi connectivity index (χ0) is 11.2. The molecule has 1 aromatic rings. The lowest BCUT2D eigenvalue weighted by molar-refractivity contribution is 0.0976. The number of hydrogen-bond acceptors (Lipinski definition) is 1. The lowest BCUT2D eigenvalue weighted by Crippen LogP contribution is -2.19. The van der Waals surface area contributed by atoms with E-state index in [2.05, 4.69) is 30.3 Å². The normalized spacial score (nSPS) is 25.6. The fraction of sp³-hybridized carbons (Fsp3) is 0.600. The average molecular weight is 218 g/mol. The molecule has 1 aliphatic carbocycles. The fourth-order valence-electron chi connectivity index (χ4n) is 2.76. The van der Waals surface area contributed by atoms with Crippen LogP contribution in [0.1, 0.15) is 44.1 Å². The van der Waals surface area contributed by atoms with Crippen molar-refractivity contribution >= 4 is 0 Å². The van der Waals surface area contributed by atoms with Crippen LogP contribution in [0, 0.1) is 5.92 Å². The van der Waals surface area contributed by atoms with Gasteiger partial charge in [-0.15, -0.1) is 0 Å². The number of aliphatic hydroxyl groups excluding tert-OH is 1. The number of aliphatic hydroxyl groups is 1. The first-order valence-corrected chi connectivity index (χ1v) is 6.56. The first-order valence-electron chi connectivity index (χ1n) is 6.56. The largest absolute Gasteiger partial charge is 0.393 e. The first-order chi connectivity index (χ1) is 7.84. The minimum Gasteiger partial charge on any atom is -0.393 e. The third-order valence-corrected chi connectivity index (χ3v) is 3.68. The zero-order valence-electron chi connectivity index (χ0n) is 9.94. The van der Waals surface area contributed by atoms with Crippen molar-refractivity contribution in [2.75, 3.05) is 0 Å². The van der Waals surface area contributed by atoms with Crippen molar-refractivity contribution in [2.45, 2.75) is 51.0 Å². The second-order valence-corrected chi connectivity index (χ2v) is 5.06. The molecular weight excluding hydrogens is 196 g/mol. The maximum Gasteiger partial charge on any atom is 0.0542 e. The molecular formula is C15H22O. The van der Waals surface area contributed by atoms with Gasteiger partial charge in [0, 0.05) is 0 Å². The molecule has 1 fully saturated rings. The van der Waals surface area contributed by atoms with Crippen molar-refractivity contribution < 1.29 is 5.11 Å². The molecule has 1 heteroatoms. The summed E-state index contributed by atoms with van der Waals surface area (Å²) in [6, 6.07) is 10.7. The van der Waals surface area contributed by atoms with E-state index in [0.29, 0.717) is 0 Å². The SMILES string of the molecule is OC1CCCC(CCCc2ccccc2)C1. The fourth-order valence-corrected chi connectivity index (χ4v) is 2.76. The van der Waals surface area contributed by atoms with Gasteiger partial charge in [-0.3, -0.25) is 0 Å². The van der Waals surface area contributed by atoms with Gasteiger partial charge in [-0.05, 0) is 37.2 Å². The van der Waals surface area contributed by atoms with Crippen molar-refractivity contribution in [2.24, 2.45) is 5.92 Å². The summed E-state index contributed by atoms with van der Waals surface area (Å²) in [5.74, 6) is 0.771. The molecule has 2 rings (SSSR count). The van der Waals surface area contributed by atoms with Crippen LogP contribution in [-0.2, 0) is 6.42 Å². The Hall–Kier alpha value is -0.820. The molecule has 1 nitrogen and oxygen atoms in total. The number of benzene rings is 1. The molecule has 0 heterocycles. The topological polar surface area (TPSA) is 20.2 Å². The van der Waals surface area contributed by atoms with Crippen molar-refractivity contribution in [3.05, 3.63) is 35.9 Å². The van der Waals surface area contributed by atoms with Gasteiger partial charge < -0.3 is 5.11 Å². The van der Waals surface area contributed by atoms with Gasteiger partial charge in [-0.25, -0.2) is 0 Å². The molecule has 0 bridgehead atoms. The summed E-state index contributed by atoms with van der Waals surface area (Å²) >= 11 is 0. The molecule has 1 N–H and O–H groups in total. The summed E-state index contributed by atoms with van der Waals surface area (Å²) in [5.41, 5.74) is 1.44. The average Bonchev–Trinajstić information content (AvgIpc) is 2.30. The van der Waals surface area contributed by atoms with Crippen LogP contribution >= 0.6 is 0 Å². The van der Waals surface area contributed by atoms with Crippen molar-refractivity contribution in [3.8, 4) is 0 Å². The highest BCUT2D eigenvalue weighted by Gasteiger charge is 2.19. The van der Waals surface area contributed by atoms with E-state index >= 15 is 0 Å². The molecule has 0 radical (unpaired) electrons. The van der Waals surface area contributed by atoms with Gasteiger partial charge in [-0.1, -0.05) is 49.6 Å². The Bertz CT molecular complexity index is 294. The van der Waals surface area contributed by atoms with E-state index in [1.54, 1.807) is 0 Å². The maximum atomic E-state index is 9.60. The highest BCUT2D eigenvalue weighted by molar-refractivity contribution is 5.14. The standard InChI is InChI=1S/C15H22O/c16-15-11-5-10-14(12-15)9-4-8-13-6-2-1-3-7-13/h1-3,6-7,14-16H,4-5,8-12H2. The zero-order valence-corrected chi connectivity index (χ0v) is 9.94. The van der Waals surface area contributed by atoms with E-state index in [1.165, 1.54) is 37.7 Å². The van der Waals surface area contributed by atoms with Crippen LogP contribution in [0.4, 0.5) is 0 Å². The van der Waals surface area contributed by atoms with Crippen molar-refractivity contribution in [3.63, 3.8) is 0 Å². The Morgan fingerprint density at radius 2 is 1.94 bits per heavy atom. The first kappa shape index (κ1) is 11.7. The number of hydrogen-bond donors (Lipinski definition) is 1. The predicted molar refractivity (Wildman–Crippen MR) is 67.3 cm³/mol. The molecule has 1 aromatic carbocycles. The van der Waals surface area contributed by atoms with Gasteiger partial charge in [0.15, 0.2) is 0 Å². The lowest BCUT2D eigenvalue weighted by Gasteiger charge is -2.25. The number of rotatable bonds is 4. The molecule has 16 heavy (non-hydrogen) atoms. The molecule has 1 aliphatic rings. The lowest BCUT2D eigenvalue weighted by atomic mass is 9.84. The third-order valence-electron chi connectivity index (χ3n) is 3.68. The Morgan fingerprint density at radius 3 is 2.69 bits per heavy atom. The van der Waals surface area contributed by atoms with Crippen LogP contribution in [-0.4, -0.2) is 11.2 Å². The monoisotopic (exact) mass is 218 g/mol. The van der Waals surface area contributed by atoms with E-state index in [1.807, 2.05) is 0 Å². The molecule has 0 aromatic heterocycles. The minimum atomic E-state index is -0.0181. The Labute approximate surface area is 98.5 Å². The van der Waals surface area contributed by atoms with E-state index in [4.69, 9.17) is 0 Å². The van der Waals surface area contributed by atoms with Gasteiger partial charge in [0.2, 0.25) is 0 Å². The molecule has 2 atom stereocenters. The van der Waals surface area contributed by atoms with E-state index in [9.17, 15) is 5.11 Å². The molecule has 88 valence electrons. The van der Waals surface area contributed by atoms with Crippen LogP contribution in [0.25, 0.3) is 0 Å². The second kappa shape index (κ2) is 6.05. The summed E-state index contributed by atoms with van der Waals surface area (Å²) in [7, 11) is 0. The van der Waals surface area contributed by atoms with Crippen molar-refractivity contribution in [1.29, 1.82) is 0 Å². The minimum absolute atomic E-state index is 0.0181. The van der Waals surface area contributed by atoms with Crippen LogP contribution in [0.2, 0.25) is 0 Å². The van der Waals surface area contributed by atoms with Gasteiger partial charge in [0.25, 0.3) is 0 Å². The van der Waals surface area contributed by atoms with E-state index < -0.39 is 0 Å². The van der Waals surface area contributed by atoms with Crippen LogP contribution in [0.3, 0.4) is 0 Å². The molecule has 2 unspecified atom stereocenters. The predicted octanol–water partition coefficient (Wildman–Crippen LogP) is 3.56. The smallest absolute Gasteiger partial charge is 0.0542 e. The highest BCUT2D eigenvalue weighted by Crippen LogP contribution is 2.28. The summed E-state index contributed by atoms with van der Waals surface area (Å²) < 4.78 is 0. The van der Waals surface area contributed by atoms with Crippen molar-refractivity contribution in [1.82, 2.24) is 0 Å². The van der Waals surface area contributed by atoms with E-state index in [0.717, 1.165) is 18.8 Å². The van der Waals surface area contributed by atoms with Gasteiger partial charge in [0.1, 0.15) is 0 Å². The Morgan fingerprint density at radius 1 is 1.12 bits per heavy atom. The molecule has 0 amide bonds. The summed E-state index contributed by atoms with van der Waals surface area (Å²) in [6.07, 6.45) is 8.32. The van der Waals surface area contributed by atoms with Gasteiger partial charge in [0.05, 0.1) is 6.10 Å². The Kier molecular flexibility index (Phi) is 4.41. The number of aryl methyl sites for hydroxylation is 1. The van der Waals surface area contributed by atoms with Crippen LogP contribution in [0.5, 0.6) is 0 Å². The van der Waals surface area contributed by atoms with E-state index in [-0.39, 0.29) is 6.10 Å². The molecule has 0 spiro atoms.